The number of epoxide rings is 1. The van der Waals surface area contributed by atoms with Gasteiger partial charge in [-0.2, -0.15) is 0 Å². The van der Waals surface area contributed by atoms with E-state index in [9.17, 15) is 13.2 Å². The Bertz CT molecular complexity index is 574. The number of rotatable bonds is 3. The fourth-order valence-corrected chi connectivity index (χ4v) is 1.41. The highest BCUT2D eigenvalue weighted by Gasteiger charge is 2.32. The first-order valence-electron chi connectivity index (χ1n) is 5.97. The lowest BCUT2D eigenvalue weighted by atomic mass is 10.1. The summed E-state index contributed by atoms with van der Waals surface area (Å²) in [6.45, 7) is 6.92. The van der Waals surface area contributed by atoms with E-state index in [0.717, 1.165) is 12.2 Å². The molecule has 1 aliphatic heterocycles. The van der Waals surface area contributed by atoms with E-state index in [0.29, 0.717) is 5.56 Å². The van der Waals surface area contributed by atoms with Crippen molar-refractivity contribution in [3.8, 4) is 0 Å². The van der Waals surface area contributed by atoms with Crippen molar-refractivity contribution in [3.05, 3.63) is 35.4 Å². The summed E-state index contributed by atoms with van der Waals surface area (Å²) in [6, 6.07) is 6.64. The van der Waals surface area contributed by atoms with Gasteiger partial charge in [0.15, 0.2) is 0 Å². The number of carbonyl (C=O) groups is 1. The number of nitrogens with two attached hydrogens (primary N) is 1. The third-order valence-corrected chi connectivity index (χ3v) is 2.78. The number of hydrogen-bond acceptors (Lipinski definition) is 5. The normalized spacial score (nSPS) is 15.8. The molecule has 1 aromatic rings. The summed E-state index contributed by atoms with van der Waals surface area (Å²) in [5.41, 5.74) is 1.44. The molecule has 2 N–H and O–H groups in total. The van der Waals surface area contributed by atoms with E-state index in [2.05, 4.69) is 23.7 Å². The summed E-state index contributed by atoms with van der Waals surface area (Å²) >= 11 is 0. The summed E-state index contributed by atoms with van der Waals surface area (Å²) in [7, 11) is -3.78. The van der Waals surface area contributed by atoms with E-state index in [-0.39, 0.29) is 5.60 Å². The van der Waals surface area contributed by atoms with Crippen LogP contribution in [-0.2, 0) is 19.5 Å². The fraction of sp³-hybridized carbons (Fsp3) is 0.462. The highest BCUT2D eigenvalue weighted by atomic mass is 32.2. The largest absolute Gasteiger partial charge is 0.444 e. The molecular weight excluding hydrogens is 282 g/mol. The number of sulfonamides is 1. The van der Waals surface area contributed by atoms with Crippen molar-refractivity contribution in [2.24, 2.45) is 5.14 Å². The third kappa shape index (κ3) is 7.22. The second kappa shape index (κ2) is 6.34. The molecule has 1 fully saturated rings. The van der Waals surface area contributed by atoms with Crippen LogP contribution in [0.2, 0.25) is 0 Å². The van der Waals surface area contributed by atoms with E-state index in [1.54, 1.807) is 18.2 Å². The Morgan fingerprint density at radius 2 is 2.00 bits per heavy atom. The van der Waals surface area contributed by atoms with Gasteiger partial charge in [-0.3, -0.25) is 0 Å². The SMILES string of the molecule is CC1(C)CO1.Cc1cccc(C(=O)OCS(N)(=O)=O)c1. The van der Waals surface area contributed by atoms with E-state index in [4.69, 9.17) is 4.74 Å². The minimum Gasteiger partial charge on any atom is -0.444 e. The lowest BCUT2D eigenvalue weighted by Gasteiger charge is -2.03. The zero-order valence-electron chi connectivity index (χ0n) is 11.8. The molecule has 0 bridgehead atoms. The van der Waals surface area contributed by atoms with Crippen LogP contribution in [0, 0.1) is 6.92 Å². The molecule has 0 radical (unpaired) electrons. The standard InChI is InChI=1S/C9H11NO4S.C4H8O/c1-7-3-2-4-8(5-7)9(11)14-6-15(10,12)13;1-4(2)3-5-4/h2-5H,6H2,1H3,(H2,10,12,13);3H2,1-2H3. The molecule has 112 valence electrons. The lowest BCUT2D eigenvalue weighted by molar-refractivity contribution is 0.0571. The van der Waals surface area contributed by atoms with Crippen LogP contribution in [0.15, 0.2) is 24.3 Å². The number of ether oxygens (including phenoxy) is 2. The molecular formula is C13H19NO5S. The van der Waals surface area contributed by atoms with Gasteiger partial charge in [0.1, 0.15) is 0 Å². The Hall–Kier alpha value is -1.44. The van der Waals surface area contributed by atoms with Gasteiger partial charge in [0.05, 0.1) is 17.8 Å². The molecule has 2 rings (SSSR count). The molecule has 0 saturated carbocycles. The predicted molar refractivity (Wildman–Crippen MR) is 74.6 cm³/mol. The van der Waals surface area contributed by atoms with Gasteiger partial charge in [-0.05, 0) is 32.9 Å². The van der Waals surface area contributed by atoms with Gasteiger partial charge in [0, 0.05) is 0 Å². The lowest BCUT2D eigenvalue weighted by Crippen LogP contribution is -2.21. The highest BCUT2D eigenvalue weighted by Crippen LogP contribution is 2.23. The van der Waals surface area contributed by atoms with Gasteiger partial charge < -0.3 is 9.47 Å². The number of aryl methyl sites for hydroxylation is 1. The molecule has 6 nitrogen and oxygen atoms in total. The number of benzene rings is 1. The van der Waals surface area contributed by atoms with Crippen LogP contribution in [0.1, 0.15) is 29.8 Å². The van der Waals surface area contributed by atoms with Gasteiger partial charge in [-0.25, -0.2) is 18.4 Å². The predicted octanol–water partition coefficient (Wildman–Crippen LogP) is 1.19. The van der Waals surface area contributed by atoms with Crippen molar-refractivity contribution >= 4 is 16.0 Å². The zero-order valence-corrected chi connectivity index (χ0v) is 12.6. The first kappa shape index (κ1) is 16.6. The summed E-state index contributed by atoms with van der Waals surface area (Å²) in [4.78, 5) is 11.3. The Morgan fingerprint density at radius 3 is 2.40 bits per heavy atom. The van der Waals surface area contributed by atoms with E-state index in [1.165, 1.54) is 0 Å². The maximum atomic E-state index is 11.3. The average Bonchev–Trinajstić information content (AvgIpc) is 3.01. The van der Waals surface area contributed by atoms with Gasteiger partial charge in [-0.15, -0.1) is 0 Å². The highest BCUT2D eigenvalue weighted by molar-refractivity contribution is 7.88. The van der Waals surface area contributed by atoms with Crippen LogP contribution >= 0.6 is 0 Å². The fourth-order valence-electron chi connectivity index (χ4n) is 1.14. The Labute approximate surface area is 118 Å². The van der Waals surface area contributed by atoms with E-state index in [1.807, 2.05) is 13.0 Å². The quantitative estimate of drug-likeness (QED) is 0.668. The number of hydrogen-bond donors (Lipinski definition) is 1. The molecule has 1 heterocycles. The molecule has 1 aliphatic rings. The van der Waals surface area contributed by atoms with Crippen molar-refractivity contribution in [3.63, 3.8) is 0 Å². The maximum absolute atomic E-state index is 11.3. The molecule has 0 atom stereocenters. The van der Waals surface area contributed by atoms with Crippen LogP contribution in [-0.4, -0.2) is 32.5 Å². The van der Waals surface area contributed by atoms with Gasteiger partial charge >= 0.3 is 5.97 Å². The molecule has 0 spiro atoms. The van der Waals surface area contributed by atoms with Gasteiger partial charge in [-0.1, -0.05) is 17.7 Å². The van der Waals surface area contributed by atoms with E-state index < -0.39 is 21.9 Å². The van der Waals surface area contributed by atoms with Crippen LogP contribution in [0.3, 0.4) is 0 Å². The summed E-state index contributed by atoms with van der Waals surface area (Å²) < 4.78 is 30.5. The minimum absolute atomic E-state index is 0.250. The van der Waals surface area contributed by atoms with Crippen molar-refractivity contribution in [1.29, 1.82) is 0 Å². The zero-order chi connectivity index (χ0) is 15.4. The van der Waals surface area contributed by atoms with E-state index >= 15 is 0 Å². The van der Waals surface area contributed by atoms with Crippen molar-refractivity contribution in [1.82, 2.24) is 0 Å². The van der Waals surface area contributed by atoms with Crippen LogP contribution in [0.25, 0.3) is 0 Å². The molecule has 0 aromatic heterocycles. The summed E-state index contributed by atoms with van der Waals surface area (Å²) in [5, 5.41) is 4.69. The van der Waals surface area contributed by atoms with Crippen molar-refractivity contribution < 1.29 is 22.7 Å². The number of carbonyl (C=O) groups excluding carboxylic acids is 1. The Kier molecular flexibility index (Phi) is 5.27. The smallest absolute Gasteiger partial charge is 0.339 e. The van der Waals surface area contributed by atoms with Crippen LogP contribution < -0.4 is 5.14 Å². The maximum Gasteiger partial charge on any atom is 0.339 e. The molecule has 7 heteroatoms. The number of primary sulfonamides is 1. The molecule has 0 amide bonds. The van der Waals surface area contributed by atoms with Gasteiger partial charge in [0.2, 0.25) is 16.0 Å². The molecule has 1 aromatic carbocycles. The minimum atomic E-state index is -3.78. The topological polar surface area (TPSA) is 99.0 Å². The average molecular weight is 301 g/mol. The molecule has 1 saturated heterocycles. The summed E-state index contributed by atoms with van der Waals surface area (Å²) in [6.07, 6.45) is 0. The molecule has 0 aliphatic carbocycles. The molecule has 0 unspecified atom stereocenters. The second-order valence-electron chi connectivity index (χ2n) is 5.13. The third-order valence-electron chi connectivity index (χ3n) is 2.33. The monoisotopic (exact) mass is 301 g/mol. The van der Waals surface area contributed by atoms with Crippen LogP contribution in [0.4, 0.5) is 0 Å². The van der Waals surface area contributed by atoms with Crippen molar-refractivity contribution in [2.75, 3.05) is 12.5 Å². The Morgan fingerprint density at radius 1 is 1.45 bits per heavy atom. The summed E-state index contributed by atoms with van der Waals surface area (Å²) in [5.74, 6) is -1.51. The van der Waals surface area contributed by atoms with Gasteiger partial charge in [0.25, 0.3) is 0 Å². The second-order valence-corrected chi connectivity index (χ2v) is 6.69. The first-order chi connectivity index (χ1) is 9.09. The molecule has 20 heavy (non-hydrogen) atoms. The van der Waals surface area contributed by atoms with Crippen molar-refractivity contribution in [2.45, 2.75) is 26.4 Å². The Balaban J connectivity index is 0.000000333. The number of esters is 1. The first-order valence-corrected chi connectivity index (χ1v) is 7.69. The van der Waals surface area contributed by atoms with Crippen LogP contribution in [0.5, 0.6) is 0 Å².